The van der Waals surface area contributed by atoms with Crippen LogP contribution >= 0.6 is 0 Å². The highest BCUT2D eigenvalue weighted by molar-refractivity contribution is 5.80. The van der Waals surface area contributed by atoms with E-state index in [1.807, 2.05) is 7.05 Å². The molecular weight excluding hydrogens is 218 g/mol. The fourth-order valence-electron chi connectivity index (χ4n) is 2.88. The highest BCUT2D eigenvalue weighted by Crippen LogP contribution is 2.33. The summed E-state index contributed by atoms with van der Waals surface area (Å²) in [6, 6.07) is 0.945. The number of aryl methyl sites for hydroxylation is 1. The summed E-state index contributed by atoms with van der Waals surface area (Å²) in [6.45, 7) is 0.424. The van der Waals surface area contributed by atoms with Crippen LogP contribution in [0.5, 0.6) is 0 Å². The molecule has 2 fully saturated rings. The zero-order valence-electron chi connectivity index (χ0n) is 9.89. The average Bonchev–Trinajstić information content (AvgIpc) is 3.01. The summed E-state index contributed by atoms with van der Waals surface area (Å²) in [5, 5.41) is 10.5. The van der Waals surface area contributed by atoms with Gasteiger partial charge in [-0.25, -0.2) is 4.98 Å². The van der Waals surface area contributed by atoms with Gasteiger partial charge in [-0.05, 0) is 19.3 Å². The fraction of sp³-hybridized carbons (Fsp3) is 0.727. The first kappa shape index (κ1) is 10.7. The van der Waals surface area contributed by atoms with E-state index < -0.39 is 0 Å². The Morgan fingerprint density at radius 3 is 3.12 bits per heavy atom. The molecule has 0 radical (unpaired) electrons. The molecule has 2 bridgehead atoms. The highest BCUT2D eigenvalue weighted by atomic mass is 16.2. The van der Waals surface area contributed by atoms with Gasteiger partial charge in [0.05, 0.1) is 12.5 Å². The number of amides is 1. The fourth-order valence-corrected chi connectivity index (χ4v) is 2.88. The van der Waals surface area contributed by atoms with Crippen molar-refractivity contribution >= 4 is 5.91 Å². The van der Waals surface area contributed by atoms with E-state index in [1.165, 1.54) is 6.42 Å². The molecule has 3 atom stereocenters. The standard InChI is InChI=1S/C11H17N5O/c1-16-6-13-10(15-16)5-12-11(17)8-4-7-2-3-9(8)14-7/h6-9,14H,2-5H2,1H3,(H,12,17). The maximum absolute atomic E-state index is 12.0. The molecule has 3 heterocycles. The van der Waals surface area contributed by atoms with Crippen LogP contribution in [-0.4, -0.2) is 32.8 Å². The van der Waals surface area contributed by atoms with Gasteiger partial charge in [0.1, 0.15) is 6.33 Å². The lowest BCUT2D eigenvalue weighted by Crippen LogP contribution is -2.37. The molecule has 6 nitrogen and oxygen atoms in total. The summed E-state index contributed by atoms with van der Waals surface area (Å²) in [5.74, 6) is 0.937. The number of hydrogen-bond donors (Lipinski definition) is 2. The van der Waals surface area contributed by atoms with Crippen LogP contribution in [0.15, 0.2) is 6.33 Å². The van der Waals surface area contributed by atoms with E-state index in [-0.39, 0.29) is 11.8 Å². The Morgan fingerprint density at radius 2 is 2.53 bits per heavy atom. The second kappa shape index (κ2) is 4.10. The Morgan fingerprint density at radius 1 is 1.65 bits per heavy atom. The van der Waals surface area contributed by atoms with Gasteiger partial charge in [-0.2, -0.15) is 5.10 Å². The van der Waals surface area contributed by atoms with Gasteiger partial charge in [0.2, 0.25) is 5.91 Å². The number of nitrogens with zero attached hydrogens (tertiary/aromatic N) is 3. The number of fused-ring (bicyclic) bond motifs is 2. The summed E-state index contributed by atoms with van der Waals surface area (Å²) < 4.78 is 1.64. The second-order valence-corrected chi connectivity index (χ2v) is 4.94. The van der Waals surface area contributed by atoms with E-state index in [0.717, 1.165) is 12.8 Å². The molecule has 2 N–H and O–H groups in total. The van der Waals surface area contributed by atoms with Crippen LogP contribution in [0, 0.1) is 5.92 Å². The first-order valence-electron chi connectivity index (χ1n) is 6.10. The van der Waals surface area contributed by atoms with E-state index in [2.05, 4.69) is 20.7 Å². The van der Waals surface area contributed by atoms with Crippen LogP contribution in [0.2, 0.25) is 0 Å². The molecule has 6 heteroatoms. The van der Waals surface area contributed by atoms with Crippen molar-refractivity contribution in [2.45, 2.75) is 37.9 Å². The SMILES string of the molecule is Cn1cnc(CNC(=O)C2CC3CCC2N3)n1. The number of rotatable bonds is 3. The number of nitrogens with one attached hydrogen (secondary N) is 2. The topological polar surface area (TPSA) is 71.8 Å². The number of carbonyl (C=O) groups excluding carboxylic acids is 1. The van der Waals surface area contributed by atoms with Gasteiger partial charge in [-0.1, -0.05) is 0 Å². The molecule has 3 rings (SSSR count). The summed E-state index contributed by atoms with van der Waals surface area (Å²) in [7, 11) is 1.82. The zero-order chi connectivity index (χ0) is 11.8. The predicted molar refractivity (Wildman–Crippen MR) is 60.9 cm³/mol. The van der Waals surface area contributed by atoms with Crippen molar-refractivity contribution in [3.63, 3.8) is 0 Å². The second-order valence-electron chi connectivity index (χ2n) is 4.94. The Kier molecular flexibility index (Phi) is 2.58. The first-order chi connectivity index (χ1) is 8.22. The van der Waals surface area contributed by atoms with Crippen LogP contribution < -0.4 is 10.6 Å². The molecule has 3 unspecified atom stereocenters. The monoisotopic (exact) mass is 235 g/mol. The molecule has 2 aliphatic heterocycles. The Labute approximate surface area is 99.8 Å². The van der Waals surface area contributed by atoms with Gasteiger partial charge in [0.25, 0.3) is 0 Å². The van der Waals surface area contributed by atoms with E-state index in [1.54, 1.807) is 11.0 Å². The van der Waals surface area contributed by atoms with Gasteiger partial charge in [-0.3, -0.25) is 9.48 Å². The summed E-state index contributed by atoms with van der Waals surface area (Å²) in [5.41, 5.74) is 0. The van der Waals surface area contributed by atoms with Crippen LogP contribution in [-0.2, 0) is 18.4 Å². The quantitative estimate of drug-likeness (QED) is 0.746. The molecule has 17 heavy (non-hydrogen) atoms. The summed E-state index contributed by atoms with van der Waals surface area (Å²) in [6.07, 6.45) is 4.97. The van der Waals surface area contributed by atoms with Gasteiger partial charge >= 0.3 is 0 Å². The maximum atomic E-state index is 12.0. The summed E-state index contributed by atoms with van der Waals surface area (Å²) in [4.78, 5) is 16.1. The van der Waals surface area contributed by atoms with Crippen molar-refractivity contribution in [2.75, 3.05) is 0 Å². The smallest absolute Gasteiger partial charge is 0.225 e. The van der Waals surface area contributed by atoms with E-state index in [9.17, 15) is 4.79 Å². The van der Waals surface area contributed by atoms with Crippen molar-refractivity contribution in [1.82, 2.24) is 25.4 Å². The van der Waals surface area contributed by atoms with Crippen molar-refractivity contribution < 1.29 is 4.79 Å². The maximum Gasteiger partial charge on any atom is 0.225 e. The molecule has 1 aromatic rings. The van der Waals surface area contributed by atoms with Crippen LogP contribution in [0.3, 0.4) is 0 Å². The normalized spacial score (nSPS) is 30.8. The molecule has 92 valence electrons. The van der Waals surface area contributed by atoms with Crippen LogP contribution in [0.1, 0.15) is 25.1 Å². The summed E-state index contributed by atoms with van der Waals surface area (Å²) >= 11 is 0. The first-order valence-corrected chi connectivity index (χ1v) is 6.10. The molecular formula is C11H17N5O. The number of carbonyl (C=O) groups is 1. The largest absolute Gasteiger partial charge is 0.348 e. The third-order valence-corrected chi connectivity index (χ3v) is 3.70. The molecule has 1 aromatic heterocycles. The third kappa shape index (κ3) is 2.04. The van der Waals surface area contributed by atoms with E-state index in [0.29, 0.717) is 24.5 Å². The molecule has 0 aromatic carbocycles. The van der Waals surface area contributed by atoms with Crippen molar-refractivity contribution in [3.05, 3.63) is 12.2 Å². The lowest BCUT2D eigenvalue weighted by molar-refractivity contribution is -0.125. The Hall–Kier alpha value is -1.43. The van der Waals surface area contributed by atoms with Crippen molar-refractivity contribution in [3.8, 4) is 0 Å². The van der Waals surface area contributed by atoms with Gasteiger partial charge in [-0.15, -0.1) is 0 Å². The molecule has 0 saturated carbocycles. The Bertz CT molecular complexity index is 429. The van der Waals surface area contributed by atoms with E-state index >= 15 is 0 Å². The van der Waals surface area contributed by atoms with Gasteiger partial charge < -0.3 is 10.6 Å². The molecule has 2 saturated heterocycles. The lowest BCUT2D eigenvalue weighted by Gasteiger charge is -2.18. The molecule has 0 aliphatic carbocycles. The third-order valence-electron chi connectivity index (χ3n) is 3.70. The minimum Gasteiger partial charge on any atom is -0.348 e. The lowest BCUT2D eigenvalue weighted by atomic mass is 9.88. The van der Waals surface area contributed by atoms with Crippen LogP contribution in [0.4, 0.5) is 0 Å². The number of hydrogen-bond acceptors (Lipinski definition) is 4. The average molecular weight is 235 g/mol. The highest BCUT2D eigenvalue weighted by Gasteiger charge is 2.42. The molecule has 0 spiro atoms. The molecule has 1 amide bonds. The van der Waals surface area contributed by atoms with Crippen LogP contribution in [0.25, 0.3) is 0 Å². The van der Waals surface area contributed by atoms with E-state index in [4.69, 9.17) is 0 Å². The Balaban J connectivity index is 1.54. The van der Waals surface area contributed by atoms with Gasteiger partial charge in [0, 0.05) is 19.1 Å². The minimum atomic E-state index is 0.136. The zero-order valence-corrected chi connectivity index (χ0v) is 9.89. The minimum absolute atomic E-state index is 0.136. The van der Waals surface area contributed by atoms with Crippen molar-refractivity contribution in [2.24, 2.45) is 13.0 Å². The van der Waals surface area contributed by atoms with Crippen molar-refractivity contribution in [1.29, 1.82) is 0 Å². The van der Waals surface area contributed by atoms with Gasteiger partial charge in [0.15, 0.2) is 5.82 Å². The molecule has 2 aliphatic rings. The number of aromatic nitrogens is 3. The predicted octanol–water partition coefficient (Wildman–Crippen LogP) is -0.428.